The van der Waals surface area contributed by atoms with Crippen LogP contribution in [0.4, 0.5) is 5.13 Å². The number of carbonyl (C=O) groups excluding carboxylic acids is 2. The number of thiazole rings is 1. The molecule has 0 aliphatic rings. The van der Waals surface area contributed by atoms with Gasteiger partial charge < -0.3 is 4.74 Å². The fourth-order valence-corrected chi connectivity index (χ4v) is 3.37. The first-order valence-electron chi connectivity index (χ1n) is 9.39. The SMILES string of the molecule is CCOC(=O)Cc1csc(NC(=O)c2ccn(Cn3nnc(-c4ccccc4)n3)n2)n1. The van der Waals surface area contributed by atoms with E-state index in [-0.39, 0.29) is 24.8 Å². The number of benzene rings is 1. The molecule has 4 rings (SSSR count). The van der Waals surface area contributed by atoms with Crippen molar-refractivity contribution in [2.45, 2.75) is 20.0 Å². The maximum atomic E-state index is 12.4. The Bertz CT molecular complexity index is 1180. The van der Waals surface area contributed by atoms with E-state index < -0.39 is 5.91 Å². The van der Waals surface area contributed by atoms with Crippen LogP contribution in [0.3, 0.4) is 0 Å². The van der Waals surface area contributed by atoms with Gasteiger partial charge in [-0.3, -0.25) is 14.9 Å². The van der Waals surface area contributed by atoms with Gasteiger partial charge >= 0.3 is 5.97 Å². The first-order chi connectivity index (χ1) is 15.1. The van der Waals surface area contributed by atoms with Crippen LogP contribution in [0.1, 0.15) is 23.1 Å². The standard InChI is InChI=1S/C19H18N8O3S/c1-2-30-16(28)10-14-11-31-19(20-14)21-18(29)15-8-9-26(23-15)12-27-24-17(22-25-27)13-6-4-3-5-7-13/h3-9,11H,2,10,12H2,1H3,(H,20,21,29). The van der Waals surface area contributed by atoms with E-state index in [1.165, 1.54) is 20.8 Å². The molecule has 12 heteroatoms. The largest absolute Gasteiger partial charge is 0.466 e. The predicted molar refractivity (Wildman–Crippen MR) is 111 cm³/mol. The lowest BCUT2D eigenvalue weighted by Crippen LogP contribution is -2.16. The monoisotopic (exact) mass is 438 g/mol. The summed E-state index contributed by atoms with van der Waals surface area (Å²) in [7, 11) is 0. The Morgan fingerprint density at radius 1 is 1.16 bits per heavy atom. The minimum atomic E-state index is -0.410. The lowest BCUT2D eigenvalue weighted by Gasteiger charge is -2.00. The van der Waals surface area contributed by atoms with E-state index in [1.54, 1.807) is 24.6 Å². The zero-order valence-corrected chi connectivity index (χ0v) is 17.3. The molecule has 0 unspecified atom stereocenters. The van der Waals surface area contributed by atoms with Gasteiger partial charge in [0.2, 0.25) is 5.82 Å². The summed E-state index contributed by atoms with van der Waals surface area (Å²) in [6.07, 6.45) is 1.71. The van der Waals surface area contributed by atoms with E-state index in [9.17, 15) is 9.59 Å². The smallest absolute Gasteiger partial charge is 0.311 e. The number of rotatable bonds is 8. The van der Waals surface area contributed by atoms with Gasteiger partial charge in [-0.1, -0.05) is 30.3 Å². The van der Waals surface area contributed by atoms with Gasteiger partial charge in [-0.05, 0) is 18.2 Å². The second-order valence-electron chi connectivity index (χ2n) is 6.31. The van der Waals surface area contributed by atoms with Gasteiger partial charge in [-0.15, -0.1) is 26.3 Å². The third kappa shape index (κ3) is 5.17. The molecule has 1 aromatic carbocycles. The average Bonchev–Trinajstić information content (AvgIpc) is 3.51. The van der Waals surface area contributed by atoms with Crippen LogP contribution in [-0.4, -0.2) is 53.5 Å². The quantitative estimate of drug-likeness (QED) is 0.413. The molecule has 31 heavy (non-hydrogen) atoms. The van der Waals surface area contributed by atoms with E-state index in [2.05, 4.69) is 30.8 Å². The van der Waals surface area contributed by atoms with E-state index in [1.807, 2.05) is 30.3 Å². The first-order valence-corrected chi connectivity index (χ1v) is 10.3. The number of hydrogen-bond acceptors (Lipinski definition) is 9. The van der Waals surface area contributed by atoms with Crippen LogP contribution < -0.4 is 5.32 Å². The van der Waals surface area contributed by atoms with Crippen LogP contribution in [0, 0.1) is 0 Å². The number of tetrazole rings is 1. The molecule has 1 N–H and O–H groups in total. The van der Waals surface area contributed by atoms with E-state index in [0.29, 0.717) is 23.3 Å². The van der Waals surface area contributed by atoms with Crippen molar-refractivity contribution in [2.24, 2.45) is 0 Å². The van der Waals surface area contributed by atoms with Crippen molar-refractivity contribution in [3.8, 4) is 11.4 Å². The summed E-state index contributed by atoms with van der Waals surface area (Å²) < 4.78 is 6.42. The van der Waals surface area contributed by atoms with Gasteiger partial charge in [0.15, 0.2) is 17.5 Å². The Kier molecular flexibility index (Phi) is 6.08. The molecule has 3 aromatic heterocycles. The molecular weight excluding hydrogens is 420 g/mol. The van der Waals surface area contributed by atoms with Gasteiger partial charge in [0.1, 0.15) is 0 Å². The Morgan fingerprint density at radius 3 is 2.81 bits per heavy atom. The number of carbonyl (C=O) groups is 2. The van der Waals surface area contributed by atoms with Crippen LogP contribution in [-0.2, 0) is 22.6 Å². The number of esters is 1. The topological polar surface area (TPSA) is 130 Å². The average molecular weight is 438 g/mol. The van der Waals surface area contributed by atoms with Crippen LogP contribution in [0.25, 0.3) is 11.4 Å². The predicted octanol–water partition coefficient (Wildman–Crippen LogP) is 1.86. The lowest BCUT2D eigenvalue weighted by molar-refractivity contribution is -0.142. The third-order valence-electron chi connectivity index (χ3n) is 4.03. The van der Waals surface area contributed by atoms with Crippen LogP contribution >= 0.6 is 11.3 Å². The van der Waals surface area contributed by atoms with Crippen molar-refractivity contribution >= 4 is 28.3 Å². The summed E-state index contributed by atoms with van der Waals surface area (Å²) >= 11 is 1.22. The highest BCUT2D eigenvalue weighted by molar-refractivity contribution is 7.14. The number of anilines is 1. The zero-order chi connectivity index (χ0) is 21.6. The third-order valence-corrected chi connectivity index (χ3v) is 4.84. The molecule has 0 spiro atoms. The molecule has 0 saturated carbocycles. The number of amides is 1. The summed E-state index contributed by atoms with van der Waals surface area (Å²) in [5.41, 5.74) is 1.61. The van der Waals surface area contributed by atoms with Crippen molar-refractivity contribution in [2.75, 3.05) is 11.9 Å². The summed E-state index contributed by atoms with van der Waals surface area (Å²) in [6, 6.07) is 11.1. The molecule has 0 aliphatic carbocycles. The molecule has 0 saturated heterocycles. The second kappa shape index (κ2) is 9.26. The summed E-state index contributed by atoms with van der Waals surface area (Å²) in [5, 5.41) is 21.4. The van der Waals surface area contributed by atoms with Crippen molar-refractivity contribution in [3.05, 3.63) is 59.4 Å². The minimum absolute atomic E-state index is 0.0602. The maximum Gasteiger partial charge on any atom is 0.311 e. The Labute approximate surface area is 180 Å². The Morgan fingerprint density at radius 2 is 2.00 bits per heavy atom. The van der Waals surface area contributed by atoms with Crippen molar-refractivity contribution < 1.29 is 14.3 Å². The Hall–Kier alpha value is -3.93. The highest BCUT2D eigenvalue weighted by Crippen LogP contribution is 2.17. The highest BCUT2D eigenvalue weighted by atomic mass is 32.1. The number of nitrogens with one attached hydrogen (secondary N) is 1. The first kappa shape index (κ1) is 20.3. The van der Waals surface area contributed by atoms with E-state index in [0.717, 1.165) is 5.56 Å². The van der Waals surface area contributed by atoms with E-state index in [4.69, 9.17) is 4.74 Å². The molecule has 0 atom stereocenters. The normalized spacial score (nSPS) is 10.7. The van der Waals surface area contributed by atoms with Crippen LogP contribution in [0.2, 0.25) is 0 Å². The molecule has 0 bridgehead atoms. The van der Waals surface area contributed by atoms with Crippen molar-refractivity contribution in [1.29, 1.82) is 0 Å². The molecule has 0 fully saturated rings. The van der Waals surface area contributed by atoms with Gasteiger partial charge in [0.25, 0.3) is 5.91 Å². The zero-order valence-electron chi connectivity index (χ0n) is 16.5. The molecule has 4 aromatic rings. The molecule has 0 radical (unpaired) electrons. The number of ether oxygens (including phenoxy) is 1. The molecule has 0 aliphatic heterocycles. The van der Waals surface area contributed by atoms with Crippen molar-refractivity contribution in [3.63, 3.8) is 0 Å². The number of nitrogens with zero attached hydrogens (tertiary/aromatic N) is 7. The molecule has 1 amide bonds. The Balaban J connectivity index is 1.36. The van der Waals surface area contributed by atoms with Gasteiger partial charge in [-0.25, -0.2) is 9.67 Å². The second-order valence-corrected chi connectivity index (χ2v) is 7.17. The lowest BCUT2D eigenvalue weighted by atomic mass is 10.2. The van der Waals surface area contributed by atoms with Crippen molar-refractivity contribution in [1.82, 2.24) is 35.0 Å². The summed E-state index contributed by atoms with van der Waals surface area (Å²) in [6.45, 7) is 2.26. The minimum Gasteiger partial charge on any atom is -0.466 e. The summed E-state index contributed by atoms with van der Waals surface area (Å²) in [4.78, 5) is 29.6. The number of hydrogen-bond donors (Lipinski definition) is 1. The van der Waals surface area contributed by atoms with Gasteiger partial charge in [0, 0.05) is 17.1 Å². The highest BCUT2D eigenvalue weighted by Gasteiger charge is 2.14. The molecular formula is C19H18N8O3S. The fraction of sp³-hybridized carbons (Fsp3) is 0.211. The molecule has 3 heterocycles. The van der Waals surface area contributed by atoms with Crippen LogP contribution in [0.5, 0.6) is 0 Å². The molecule has 11 nitrogen and oxygen atoms in total. The fourth-order valence-electron chi connectivity index (χ4n) is 2.66. The van der Waals surface area contributed by atoms with E-state index >= 15 is 0 Å². The summed E-state index contributed by atoms with van der Waals surface area (Å²) in [5.74, 6) is -0.262. The molecule has 158 valence electrons. The number of aromatic nitrogens is 7. The van der Waals surface area contributed by atoms with Crippen LogP contribution in [0.15, 0.2) is 48.0 Å². The van der Waals surface area contributed by atoms with Gasteiger partial charge in [-0.2, -0.15) is 5.10 Å². The maximum absolute atomic E-state index is 12.4. The van der Waals surface area contributed by atoms with Gasteiger partial charge in [0.05, 0.1) is 18.7 Å².